The van der Waals surface area contributed by atoms with Crippen LogP contribution in [-0.2, 0) is 11.3 Å². The minimum absolute atomic E-state index is 0.0697. The molecule has 7 heteroatoms. The number of aromatic nitrogens is 1. The van der Waals surface area contributed by atoms with Crippen LogP contribution in [0.25, 0.3) is 0 Å². The molecule has 0 radical (unpaired) electrons. The summed E-state index contributed by atoms with van der Waals surface area (Å²) < 4.78 is 1.42. The Labute approximate surface area is 118 Å². The molecule has 0 fully saturated rings. The highest BCUT2D eigenvalue weighted by Crippen LogP contribution is 2.23. The van der Waals surface area contributed by atoms with E-state index < -0.39 is 5.97 Å². The normalized spacial score (nSPS) is 10.2. The van der Waals surface area contributed by atoms with Gasteiger partial charge in [-0.05, 0) is 17.5 Å². The van der Waals surface area contributed by atoms with E-state index in [1.165, 1.54) is 16.7 Å². The third kappa shape index (κ3) is 3.33. The summed E-state index contributed by atoms with van der Waals surface area (Å²) in [6.45, 7) is 0.249. The molecular weight excluding hydrogens is 280 g/mol. The van der Waals surface area contributed by atoms with Crippen molar-refractivity contribution in [2.75, 3.05) is 5.32 Å². The van der Waals surface area contributed by atoms with Gasteiger partial charge in [0, 0.05) is 25.2 Å². The molecule has 0 aromatic carbocycles. The molecule has 0 saturated heterocycles. The zero-order chi connectivity index (χ0) is 14.5. The predicted molar refractivity (Wildman–Crippen MR) is 75.2 cm³/mol. The quantitative estimate of drug-likeness (QED) is 0.876. The van der Waals surface area contributed by atoms with Crippen LogP contribution in [0.3, 0.4) is 0 Å². The maximum Gasteiger partial charge on any atom is 0.338 e. The van der Waals surface area contributed by atoms with Crippen molar-refractivity contribution >= 4 is 28.2 Å². The number of aryl methyl sites for hydroxylation is 1. The molecule has 0 saturated carbocycles. The van der Waals surface area contributed by atoms with E-state index in [4.69, 9.17) is 5.11 Å². The first-order valence-corrected chi connectivity index (χ1v) is 6.72. The van der Waals surface area contributed by atoms with Gasteiger partial charge >= 0.3 is 5.97 Å². The monoisotopic (exact) mass is 292 g/mol. The first-order valence-electron chi connectivity index (χ1n) is 5.84. The molecule has 0 unspecified atom stereocenters. The molecule has 2 rings (SSSR count). The van der Waals surface area contributed by atoms with Gasteiger partial charge in [-0.2, -0.15) is 0 Å². The number of carbonyl (C=O) groups is 2. The number of rotatable bonds is 5. The van der Waals surface area contributed by atoms with Crippen LogP contribution in [0.2, 0.25) is 0 Å². The summed E-state index contributed by atoms with van der Waals surface area (Å²) in [7, 11) is 0. The third-order valence-corrected chi connectivity index (χ3v) is 3.46. The minimum atomic E-state index is -1.08. The molecule has 2 aromatic heterocycles. The second kappa shape index (κ2) is 6.16. The maximum atomic E-state index is 11.8. The molecule has 6 nitrogen and oxygen atoms in total. The Kier molecular flexibility index (Phi) is 4.31. The van der Waals surface area contributed by atoms with Crippen molar-refractivity contribution in [3.63, 3.8) is 0 Å². The van der Waals surface area contributed by atoms with Crippen LogP contribution in [0.1, 0.15) is 16.8 Å². The fraction of sp³-hybridized carbons (Fsp3) is 0.154. The molecular formula is C13H12N2O4S. The average molecular weight is 292 g/mol. The van der Waals surface area contributed by atoms with Gasteiger partial charge in [-0.25, -0.2) is 4.79 Å². The Hall–Kier alpha value is -2.41. The number of hydrogen-bond donors (Lipinski definition) is 2. The Morgan fingerprint density at radius 2 is 2.10 bits per heavy atom. The molecule has 104 valence electrons. The fourth-order valence-corrected chi connectivity index (χ4v) is 2.43. The number of hydrogen-bond acceptors (Lipinski definition) is 4. The number of carbonyl (C=O) groups excluding carboxylic acids is 1. The summed E-state index contributed by atoms with van der Waals surface area (Å²) in [5.41, 5.74) is -0.108. The number of nitrogens with zero attached hydrogens (tertiary/aromatic N) is 1. The molecule has 0 atom stereocenters. The molecule has 20 heavy (non-hydrogen) atoms. The third-order valence-electron chi connectivity index (χ3n) is 2.63. The van der Waals surface area contributed by atoms with Crippen molar-refractivity contribution in [1.29, 1.82) is 0 Å². The summed E-state index contributed by atoms with van der Waals surface area (Å²) in [4.78, 5) is 34.1. The predicted octanol–water partition coefficient (Wildman–Crippen LogP) is 1.64. The number of aromatic carboxylic acids is 1. The van der Waals surface area contributed by atoms with Crippen LogP contribution in [0, 0.1) is 0 Å². The summed E-state index contributed by atoms with van der Waals surface area (Å²) in [6.07, 6.45) is 1.70. The van der Waals surface area contributed by atoms with Crippen molar-refractivity contribution in [3.05, 3.63) is 51.8 Å². The highest BCUT2D eigenvalue weighted by atomic mass is 32.1. The van der Waals surface area contributed by atoms with Gasteiger partial charge in [0.05, 0.1) is 5.56 Å². The number of nitrogens with one attached hydrogen (secondary N) is 1. The second-order valence-electron chi connectivity index (χ2n) is 4.00. The van der Waals surface area contributed by atoms with E-state index in [-0.39, 0.29) is 30.0 Å². The van der Waals surface area contributed by atoms with Gasteiger partial charge < -0.3 is 15.0 Å². The second-order valence-corrected chi connectivity index (χ2v) is 4.92. The van der Waals surface area contributed by atoms with E-state index in [9.17, 15) is 14.4 Å². The summed E-state index contributed by atoms with van der Waals surface area (Å²) in [6, 6.07) is 6.19. The van der Waals surface area contributed by atoms with E-state index in [1.807, 2.05) is 0 Å². The van der Waals surface area contributed by atoms with E-state index in [1.54, 1.807) is 23.7 Å². The molecule has 0 aliphatic rings. The van der Waals surface area contributed by atoms with Crippen molar-refractivity contribution in [1.82, 2.24) is 4.57 Å². The minimum Gasteiger partial charge on any atom is -0.478 e. The highest BCUT2D eigenvalue weighted by molar-refractivity contribution is 7.14. The number of anilines is 1. The standard InChI is InChI=1S/C13H12N2O4S/c16-10(4-7-15-6-2-1-3-11(15)17)14-12-9(13(18)19)5-8-20-12/h1-3,5-6,8H,4,7H2,(H,14,16)(H,18,19). The zero-order valence-electron chi connectivity index (χ0n) is 10.4. The van der Waals surface area contributed by atoms with Gasteiger partial charge in [0.1, 0.15) is 5.00 Å². The molecule has 2 N–H and O–H groups in total. The smallest absolute Gasteiger partial charge is 0.338 e. The number of thiophene rings is 1. The molecule has 0 bridgehead atoms. The lowest BCUT2D eigenvalue weighted by molar-refractivity contribution is -0.116. The van der Waals surface area contributed by atoms with Crippen molar-refractivity contribution in [3.8, 4) is 0 Å². The lowest BCUT2D eigenvalue weighted by Crippen LogP contribution is -2.21. The van der Waals surface area contributed by atoms with E-state index >= 15 is 0 Å². The van der Waals surface area contributed by atoms with Crippen LogP contribution in [-0.4, -0.2) is 21.6 Å². The average Bonchev–Trinajstić information content (AvgIpc) is 2.86. The van der Waals surface area contributed by atoms with Crippen LogP contribution in [0.15, 0.2) is 40.6 Å². The zero-order valence-corrected chi connectivity index (χ0v) is 11.2. The summed E-state index contributed by atoms with van der Waals surface area (Å²) in [5, 5.41) is 13.4. The van der Waals surface area contributed by atoms with Crippen LogP contribution < -0.4 is 10.9 Å². The van der Waals surface area contributed by atoms with Gasteiger partial charge in [0.15, 0.2) is 0 Å². The van der Waals surface area contributed by atoms with Crippen LogP contribution in [0.5, 0.6) is 0 Å². The summed E-state index contributed by atoms with van der Waals surface area (Å²) in [5.74, 6) is -1.41. The lowest BCUT2D eigenvalue weighted by Gasteiger charge is -2.06. The van der Waals surface area contributed by atoms with E-state index in [2.05, 4.69) is 5.32 Å². The molecule has 2 aromatic rings. The molecule has 0 aliphatic heterocycles. The Balaban J connectivity index is 1.96. The molecule has 0 spiro atoms. The highest BCUT2D eigenvalue weighted by Gasteiger charge is 2.13. The van der Waals surface area contributed by atoms with Crippen molar-refractivity contribution in [2.45, 2.75) is 13.0 Å². The number of carboxylic acids is 1. The lowest BCUT2D eigenvalue weighted by atomic mass is 10.3. The Morgan fingerprint density at radius 3 is 2.80 bits per heavy atom. The molecule has 2 heterocycles. The molecule has 0 aliphatic carbocycles. The molecule has 1 amide bonds. The first-order chi connectivity index (χ1) is 9.58. The largest absolute Gasteiger partial charge is 0.478 e. The van der Waals surface area contributed by atoms with Crippen molar-refractivity contribution in [2.24, 2.45) is 0 Å². The van der Waals surface area contributed by atoms with Gasteiger partial charge in [-0.1, -0.05) is 6.07 Å². The maximum absolute atomic E-state index is 11.8. The van der Waals surface area contributed by atoms with Crippen LogP contribution in [0.4, 0.5) is 5.00 Å². The number of carboxylic acid groups (broad SMARTS) is 1. The van der Waals surface area contributed by atoms with Crippen LogP contribution >= 0.6 is 11.3 Å². The fourth-order valence-electron chi connectivity index (χ4n) is 1.63. The van der Waals surface area contributed by atoms with Gasteiger partial charge in [-0.15, -0.1) is 11.3 Å². The topological polar surface area (TPSA) is 88.4 Å². The van der Waals surface area contributed by atoms with Gasteiger partial charge in [0.2, 0.25) is 5.91 Å². The number of pyridine rings is 1. The van der Waals surface area contributed by atoms with Crippen molar-refractivity contribution < 1.29 is 14.7 Å². The number of amides is 1. The van der Waals surface area contributed by atoms with E-state index in [0.29, 0.717) is 5.00 Å². The van der Waals surface area contributed by atoms with Gasteiger partial charge in [-0.3, -0.25) is 9.59 Å². The van der Waals surface area contributed by atoms with E-state index in [0.717, 1.165) is 11.3 Å². The summed E-state index contributed by atoms with van der Waals surface area (Å²) >= 11 is 1.15. The first kappa shape index (κ1) is 14.0. The Morgan fingerprint density at radius 1 is 1.30 bits per heavy atom. The SMILES string of the molecule is O=C(CCn1ccccc1=O)Nc1sccc1C(=O)O. The Bertz CT molecular complexity index is 689. The van der Waals surface area contributed by atoms with Gasteiger partial charge in [0.25, 0.3) is 5.56 Å².